The van der Waals surface area contributed by atoms with Gasteiger partial charge in [0.15, 0.2) is 0 Å². The number of nitrogens with two attached hydrogens (primary N) is 1. The average molecular weight is 470 g/mol. The van der Waals surface area contributed by atoms with Gasteiger partial charge in [-0.2, -0.15) is 15.2 Å². The number of nitriles is 1. The zero-order chi connectivity index (χ0) is 24.2. The fraction of sp³-hybridized carbons (Fsp3) is 0.407. The number of carbonyl (C=O) groups excluding carboxylic acids is 1. The molecule has 0 spiro atoms. The third-order valence-electron chi connectivity index (χ3n) is 7.21. The summed E-state index contributed by atoms with van der Waals surface area (Å²) in [5.74, 6) is 1.57. The van der Waals surface area contributed by atoms with Crippen LogP contribution in [0.5, 0.6) is 0 Å². The normalized spacial score (nSPS) is 18.8. The van der Waals surface area contributed by atoms with Crippen LogP contribution in [0.25, 0.3) is 5.82 Å². The molecule has 2 aliphatic carbocycles. The van der Waals surface area contributed by atoms with Crippen molar-refractivity contribution in [2.75, 3.05) is 11.1 Å². The summed E-state index contributed by atoms with van der Waals surface area (Å²) < 4.78 is 1.87. The molecule has 2 aliphatic rings. The predicted octanol–water partition coefficient (Wildman–Crippen LogP) is 4.28. The second-order valence-corrected chi connectivity index (χ2v) is 9.56. The SMILES string of the molecule is N#Cc1ccc2c(c1)CCC[C@H]2NC(=O)[C@H](Nc1cc(-n2cccc2)nc(N)n1)C1CCCCC1. The highest BCUT2D eigenvalue weighted by molar-refractivity contribution is 5.85. The average Bonchev–Trinajstić information content (AvgIpc) is 3.42. The zero-order valence-electron chi connectivity index (χ0n) is 19.8. The lowest BCUT2D eigenvalue weighted by Crippen LogP contribution is -2.47. The highest BCUT2D eigenvalue weighted by Crippen LogP contribution is 2.32. The third kappa shape index (κ3) is 5.14. The molecule has 35 heavy (non-hydrogen) atoms. The molecule has 2 atom stereocenters. The fourth-order valence-corrected chi connectivity index (χ4v) is 5.47. The molecular formula is C27H31N7O. The Kier molecular flexibility index (Phi) is 6.66. The van der Waals surface area contributed by atoms with E-state index in [-0.39, 0.29) is 23.8 Å². The van der Waals surface area contributed by atoms with E-state index in [1.165, 1.54) is 6.42 Å². The summed E-state index contributed by atoms with van der Waals surface area (Å²) in [7, 11) is 0. The number of benzene rings is 1. The van der Waals surface area contributed by atoms with E-state index in [2.05, 4.69) is 26.7 Å². The summed E-state index contributed by atoms with van der Waals surface area (Å²) in [6, 6.07) is 13.2. The van der Waals surface area contributed by atoms with Crippen LogP contribution < -0.4 is 16.4 Å². The Morgan fingerprint density at radius 3 is 2.66 bits per heavy atom. The Hall–Kier alpha value is -3.86. The maximum Gasteiger partial charge on any atom is 0.243 e. The van der Waals surface area contributed by atoms with Crippen LogP contribution in [-0.4, -0.2) is 26.5 Å². The van der Waals surface area contributed by atoms with Crippen LogP contribution in [0.3, 0.4) is 0 Å². The van der Waals surface area contributed by atoms with E-state index >= 15 is 0 Å². The van der Waals surface area contributed by atoms with Crippen LogP contribution in [0, 0.1) is 17.2 Å². The number of hydrogen-bond donors (Lipinski definition) is 3. The first-order valence-corrected chi connectivity index (χ1v) is 12.5. The van der Waals surface area contributed by atoms with Crippen molar-refractivity contribution in [3.05, 3.63) is 65.5 Å². The maximum atomic E-state index is 13.7. The maximum absolute atomic E-state index is 13.7. The summed E-state index contributed by atoms with van der Waals surface area (Å²) in [6.07, 6.45) is 12.1. The third-order valence-corrected chi connectivity index (χ3v) is 7.21. The summed E-state index contributed by atoms with van der Waals surface area (Å²) in [6.45, 7) is 0. The van der Waals surface area contributed by atoms with Crippen molar-refractivity contribution in [3.8, 4) is 11.9 Å². The first-order valence-electron chi connectivity index (χ1n) is 12.5. The molecule has 8 nitrogen and oxygen atoms in total. The van der Waals surface area contributed by atoms with Crippen molar-refractivity contribution < 1.29 is 4.79 Å². The van der Waals surface area contributed by atoms with Crippen LogP contribution in [0.15, 0.2) is 48.8 Å². The van der Waals surface area contributed by atoms with Gasteiger partial charge in [0.2, 0.25) is 11.9 Å². The number of nitrogens with zero attached hydrogens (tertiary/aromatic N) is 4. The first-order chi connectivity index (χ1) is 17.1. The van der Waals surface area contributed by atoms with Gasteiger partial charge in [0.05, 0.1) is 17.7 Å². The quantitative estimate of drug-likeness (QED) is 0.495. The lowest BCUT2D eigenvalue weighted by molar-refractivity contribution is -0.124. The number of nitrogen functional groups attached to an aromatic ring is 1. The molecule has 0 unspecified atom stereocenters. The molecule has 0 radical (unpaired) electrons. The number of amides is 1. The van der Waals surface area contributed by atoms with Gasteiger partial charge in [0.1, 0.15) is 17.7 Å². The van der Waals surface area contributed by atoms with E-state index < -0.39 is 6.04 Å². The smallest absolute Gasteiger partial charge is 0.243 e. The minimum absolute atomic E-state index is 0.0150. The van der Waals surface area contributed by atoms with E-state index in [0.717, 1.165) is 56.1 Å². The molecule has 5 rings (SSSR count). The molecule has 2 heterocycles. The number of rotatable bonds is 6. The number of fused-ring (bicyclic) bond motifs is 1. The van der Waals surface area contributed by atoms with Crippen molar-refractivity contribution >= 4 is 17.7 Å². The van der Waals surface area contributed by atoms with E-state index in [4.69, 9.17) is 5.73 Å². The van der Waals surface area contributed by atoms with Crippen molar-refractivity contribution in [2.45, 2.75) is 63.5 Å². The zero-order valence-corrected chi connectivity index (χ0v) is 19.8. The van der Waals surface area contributed by atoms with E-state index in [1.807, 2.05) is 53.4 Å². The van der Waals surface area contributed by atoms with Crippen LogP contribution in [-0.2, 0) is 11.2 Å². The molecule has 0 saturated heterocycles. The number of nitrogens with one attached hydrogen (secondary N) is 2. The largest absolute Gasteiger partial charge is 0.368 e. The summed E-state index contributed by atoms with van der Waals surface area (Å²) >= 11 is 0. The van der Waals surface area contributed by atoms with Gasteiger partial charge >= 0.3 is 0 Å². The van der Waals surface area contributed by atoms with Crippen molar-refractivity contribution in [3.63, 3.8) is 0 Å². The molecule has 1 aromatic carbocycles. The molecule has 3 aromatic rings. The Morgan fingerprint density at radius 2 is 1.89 bits per heavy atom. The Labute approximate surface area is 205 Å². The second kappa shape index (κ2) is 10.2. The molecule has 4 N–H and O–H groups in total. The lowest BCUT2D eigenvalue weighted by Gasteiger charge is -2.33. The Bertz CT molecular complexity index is 1220. The van der Waals surface area contributed by atoms with Crippen molar-refractivity contribution in [1.29, 1.82) is 5.26 Å². The van der Waals surface area contributed by atoms with E-state index in [9.17, 15) is 10.1 Å². The van der Waals surface area contributed by atoms with Crippen LogP contribution in [0.2, 0.25) is 0 Å². The number of carbonyl (C=O) groups is 1. The second-order valence-electron chi connectivity index (χ2n) is 9.56. The first kappa shape index (κ1) is 22.9. The van der Waals surface area contributed by atoms with Gasteiger partial charge in [-0.25, -0.2) is 0 Å². The van der Waals surface area contributed by atoms with Gasteiger partial charge in [-0.1, -0.05) is 25.3 Å². The van der Waals surface area contributed by atoms with Crippen LogP contribution in [0.4, 0.5) is 11.8 Å². The highest BCUT2D eigenvalue weighted by Gasteiger charge is 2.32. The Balaban J connectivity index is 1.39. The lowest BCUT2D eigenvalue weighted by atomic mass is 9.82. The molecule has 0 bridgehead atoms. The number of hydrogen-bond acceptors (Lipinski definition) is 6. The minimum Gasteiger partial charge on any atom is -0.368 e. The summed E-state index contributed by atoms with van der Waals surface area (Å²) in [4.78, 5) is 22.5. The molecule has 0 aliphatic heterocycles. The number of anilines is 2. The van der Waals surface area contributed by atoms with Crippen molar-refractivity contribution in [2.24, 2.45) is 5.92 Å². The molecule has 1 saturated carbocycles. The highest BCUT2D eigenvalue weighted by atomic mass is 16.2. The number of aryl methyl sites for hydroxylation is 1. The molecule has 180 valence electrons. The van der Waals surface area contributed by atoms with Crippen LogP contribution in [0.1, 0.15) is 67.7 Å². The topological polar surface area (TPSA) is 122 Å². The predicted molar refractivity (Wildman–Crippen MR) is 135 cm³/mol. The van der Waals surface area contributed by atoms with Gasteiger partial charge < -0.3 is 20.9 Å². The van der Waals surface area contributed by atoms with Gasteiger partial charge in [0, 0.05) is 18.5 Å². The standard InChI is InChI=1S/C27H31N7O/c28-17-18-11-12-21-20(15-18)9-6-10-22(21)30-26(35)25(19-7-2-1-3-8-19)31-23-16-24(33-27(29)32-23)34-13-4-5-14-34/h4-5,11-16,19,22,25H,1-3,6-10H2,(H,30,35)(H3,29,31,32,33)/t22-,25-/m1/s1. The van der Waals surface area contributed by atoms with Gasteiger partial charge in [-0.15, -0.1) is 0 Å². The van der Waals surface area contributed by atoms with Gasteiger partial charge in [0.25, 0.3) is 0 Å². The molecular weight excluding hydrogens is 438 g/mol. The fourth-order valence-electron chi connectivity index (χ4n) is 5.47. The Morgan fingerprint density at radius 1 is 1.09 bits per heavy atom. The van der Waals surface area contributed by atoms with Gasteiger partial charge in [-0.05, 0) is 73.4 Å². The van der Waals surface area contributed by atoms with E-state index in [1.54, 1.807) is 0 Å². The molecule has 2 aromatic heterocycles. The molecule has 8 heteroatoms. The summed E-state index contributed by atoms with van der Waals surface area (Å²) in [5, 5.41) is 16.0. The molecule has 1 amide bonds. The van der Waals surface area contributed by atoms with Crippen LogP contribution >= 0.6 is 0 Å². The molecule has 1 fully saturated rings. The summed E-state index contributed by atoms with van der Waals surface area (Å²) in [5.41, 5.74) is 8.96. The van der Waals surface area contributed by atoms with Crippen molar-refractivity contribution in [1.82, 2.24) is 19.9 Å². The van der Waals surface area contributed by atoms with Gasteiger partial charge in [-0.3, -0.25) is 4.79 Å². The number of aromatic nitrogens is 3. The van der Waals surface area contributed by atoms with E-state index in [0.29, 0.717) is 17.2 Å². The minimum atomic E-state index is -0.411. The monoisotopic (exact) mass is 469 g/mol.